The minimum atomic E-state index is -0.247. The average molecular weight is 377 g/mol. The van der Waals surface area contributed by atoms with E-state index < -0.39 is 0 Å². The van der Waals surface area contributed by atoms with Gasteiger partial charge in [-0.1, -0.05) is 24.3 Å². The molecule has 2 saturated heterocycles. The molecular formula is C23H27N3O2. The molecule has 3 heterocycles. The summed E-state index contributed by atoms with van der Waals surface area (Å²) in [6.07, 6.45) is 4.05. The molecule has 0 N–H and O–H groups in total. The summed E-state index contributed by atoms with van der Waals surface area (Å²) in [5.74, 6) is -0.0770. The van der Waals surface area contributed by atoms with Crippen molar-refractivity contribution in [3.8, 4) is 0 Å². The third-order valence-electron chi connectivity index (χ3n) is 6.09. The predicted octanol–water partition coefficient (Wildman–Crippen LogP) is 3.41. The van der Waals surface area contributed by atoms with Gasteiger partial charge in [0.2, 0.25) is 11.8 Å². The number of likely N-dealkylation sites (tertiary alicyclic amines) is 2. The van der Waals surface area contributed by atoms with Crippen LogP contribution in [0.2, 0.25) is 0 Å². The second-order valence-corrected chi connectivity index (χ2v) is 8.03. The van der Waals surface area contributed by atoms with E-state index in [0.29, 0.717) is 19.5 Å². The molecule has 0 spiro atoms. The SMILES string of the molecule is Cc1ccc(C2CCCN2C(=O)C2CC(=O)N(Cc3ccccn3)C2)cc1C. The van der Waals surface area contributed by atoms with Crippen molar-refractivity contribution in [2.45, 2.75) is 45.7 Å². The fourth-order valence-electron chi connectivity index (χ4n) is 4.36. The second kappa shape index (κ2) is 7.74. The van der Waals surface area contributed by atoms with Gasteiger partial charge in [0.15, 0.2) is 0 Å². The number of benzene rings is 1. The standard InChI is InChI=1S/C23H27N3O2/c1-16-8-9-18(12-17(16)2)21-7-5-11-26(21)23(28)19-13-22(27)25(14-19)15-20-6-3-4-10-24-20/h3-4,6,8-10,12,19,21H,5,7,11,13-15H2,1-2H3. The molecular weight excluding hydrogens is 350 g/mol. The summed E-state index contributed by atoms with van der Waals surface area (Å²) >= 11 is 0. The first-order valence-corrected chi connectivity index (χ1v) is 10.1. The largest absolute Gasteiger partial charge is 0.336 e. The molecule has 2 aromatic rings. The topological polar surface area (TPSA) is 53.5 Å². The zero-order chi connectivity index (χ0) is 19.7. The highest BCUT2D eigenvalue weighted by molar-refractivity contribution is 5.89. The van der Waals surface area contributed by atoms with Crippen LogP contribution in [0.5, 0.6) is 0 Å². The summed E-state index contributed by atoms with van der Waals surface area (Å²) in [5, 5.41) is 0. The highest BCUT2D eigenvalue weighted by Gasteiger charge is 2.40. The molecule has 2 aliphatic heterocycles. The lowest BCUT2D eigenvalue weighted by molar-refractivity contribution is -0.136. The van der Waals surface area contributed by atoms with E-state index in [-0.39, 0.29) is 23.8 Å². The Balaban J connectivity index is 1.46. The van der Waals surface area contributed by atoms with Crippen LogP contribution in [0.25, 0.3) is 0 Å². The van der Waals surface area contributed by atoms with Gasteiger partial charge in [-0.15, -0.1) is 0 Å². The third kappa shape index (κ3) is 3.66. The number of rotatable bonds is 4. The normalized spacial score (nSPS) is 22.1. The second-order valence-electron chi connectivity index (χ2n) is 8.03. The molecule has 2 aliphatic rings. The summed E-state index contributed by atoms with van der Waals surface area (Å²) < 4.78 is 0. The molecule has 2 amide bonds. The fraction of sp³-hybridized carbons (Fsp3) is 0.435. The van der Waals surface area contributed by atoms with Crippen molar-refractivity contribution in [1.29, 1.82) is 0 Å². The summed E-state index contributed by atoms with van der Waals surface area (Å²) in [6, 6.07) is 12.3. The fourth-order valence-corrected chi connectivity index (χ4v) is 4.36. The van der Waals surface area contributed by atoms with E-state index in [1.165, 1.54) is 16.7 Å². The highest BCUT2D eigenvalue weighted by atomic mass is 16.2. The van der Waals surface area contributed by atoms with Gasteiger partial charge in [0, 0.05) is 25.7 Å². The Morgan fingerprint density at radius 2 is 2.04 bits per heavy atom. The number of hydrogen-bond donors (Lipinski definition) is 0. The molecule has 5 heteroatoms. The van der Waals surface area contributed by atoms with Gasteiger partial charge in [-0.3, -0.25) is 14.6 Å². The van der Waals surface area contributed by atoms with Gasteiger partial charge in [-0.05, 0) is 55.5 Å². The van der Waals surface area contributed by atoms with Crippen LogP contribution in [-0.2, 0) is 16.1 Å². The quantitative estimate of drug-likeness (QED) is 0.820. The van der Waals surface area contributed by atoms with Crippen LogP contribution in [0.15, 0.2) is 42.6 Å². The van der Waals surface area contributed by atoms with Crippen LogP contribution in [0.1, 0.15) is 47.7 Å². The van der Waals surface area contributed by atoms with E-state index in [4.69, 9.17) is 0 Å². The molecule has 2 atom stereocenters. The smallest absolute Gasteiger partial charge is 0.228 e. The molecule has 0 bridgehead atoms. The van der Waals surface area contributed by atoms with Crippen LogP contribution in [0, 0.1) is 19.8 Å². The maximum Gasteiger partial charge on any atom is 0.228 e. The zero-order valence-electron chi connectivity index (χ0n) is 16.6. The van der Waals surface area contributed by atoms with Gasteiger partial charge in [-0.2, -0.15) is 0 Å². The highest BCUT2D eigenvalue weighted by Crippen LogP contribution is 2.35. The number of pyridine rings is 1. The Bertz CT molecular complexity index is 881. The van der Waals surface area contributed by atoms with Crippen molar-refractivity contribution in [3.05, 3.63) is 65.0 Å². The molecule has 5 nitrogen and oxygen atoms in total. The average Bonchev–Trinajstić information content (AvgIpc) is 3.32. The number of nitrogens with zero attached hydrogens (tertiary/aromatic N) is 3. The number of carbonyl (C=O) groups is 2. The molecule has 146 valence electrons. The first-order valence-electron chi connectivity index (χ1n) is 10.1. The molecule has 0 aliphatic carbocycles. The van der Waals surface area contributed by atoms with Crippen LogP contribution < -0.4 is 0 Å². The molecule has 2 fully saturated rings. The summed E-state index contributed by atoms with van der Waals surface area (Å²) in [4.78, 5) is 33.8. The zero-order valence-corrected chi connectivity index (χ0v) is 16.6. The van der Waals surface area contributed by atoms with E-state index in [2.05, 4.69) is 37.0 Å². The first-order chi connectivity index (χ1) is 13.5. The molecule has 0 radical (unpaired) electrons. The number of aromatic nitrogens is 1. The Morgan fingerprint density at radius 1 is 1.18 bits per heavy atom. The van der Waals surface area contributed by atoms with Crippen molar-refractivity contribution < 1.29 is 9.59 Å². The molecule has 1 aromatic carbocycles. The monoisotopic (exact) mass is 377 g/mol. The van der Waals surface area contributed by atoms with Gasteiger partial charge in [0.25, 0.3) is 0 Å². The van der Waals surface area contributed by atoms with E-state index in [1.807, 2.05) is 23.1 Å². The molecule has 0 saturated carbocycles. The van der Waals surface area contributed by atoms with Crippen molar-refractivity contribution in [1.82, 2.24) is 14.8 Å². The number of hydrogen-bond acceptors (Lipinski definition) is 3. The molecule has 2 unspecified atom stereocenters. The number of carbonyl (C=O) groups excluding carboxylic acids is 2. The van der Waals surface area contributed by atoms with Crippen LogP contribution >= 0.6 is 0 Å². The van der Waals surface area contributed by atoms with Gasteiger partial charge in [0.05, 0.1) is 24.2 Å². The first kappa shape index (κ1) is 18.7. The number of amides is 2. The Kier molecular flexibility index (Phi) is 5.16. The minimum Gasteiger partial charge on any atom is -0.336 e. The lowest BCUT2D eigenvalue weighted by Gasteiger charge is -2.28. The van der Waals surface area contributed by atoms with Crippen LogP contribution in [-0.4, -0.2) is 39.7 Å². The molecule has 1 aromatic heterocycles. The van der Waals surface area contributed by atoms with Crippen molar-refractivity contribution in [2.75, 3.05) is 13.1 Å². The Labute approximate surface area is 166 Å². The van der Waals surface area contributed by atoms with Crippen LogP contribution in [0.3, 0.4) is 0 Å². The summed E-state index contributed by atoms with van der Waals surface area (Å²) in [6.45, 7) is 5.97. The van der Waals surface area contributed by atoms with E-state index in [0.717, 1.165) is 25.1 Å². The third-order valence-corrected chi connectivity index (χ3v) is 6.09. The van der Waals surface area contributed by atoms with Gasteiger partial charge in [0.1, 0.15) is 0 Å². The van der Waals surface area contributed by atoms with Crippen molar-refractivity contribution in [3.63, 3.8) is 0 Å². The molecule has 4 rings (SSSR count). The lowest BCUT2D eigenvalue weighted by atomic mass is 9.98. The maximum atomic E-state index is 13.3. The van der Waals surface area contributed by atoms with Crippen molar-refractivity contribution >= 4 is 11.8 Å². The van der Waals surface area contributed by atoms with Gasteiger partial charge in [-0.25, -0.2) is 0 Å². The van der Waals surface area contributed by atoms with Gasteiger partial charge < -0.3 is 9.80 Å². The Morgan fingerprint density at radius 3 is 2.79 bits per heavy atom. The summed E-state index contributed by atoms with van der Waals surface area (Å²) in [7, 11) is 0. The van der Waals surface area contributed by atoms with Crippen molar-refractivity contribution in [2.24, 2.45) is 5.92 Å². The minimum absolute atomic E-state index is 0.0472. The van der Waals surface area contributed by atoms with Gasteiger partial charge >= 0.3 is 0 Å². The lowest BCUT2D eigenvalue weighted by Crippen LogP contribution is -2.37. The number of aryl methyl sites for hydroxylation is 2. The van der Waals surface area contributed by atoms with Crippen LogP contribution in [0.4, 0.5) is 0 Å². The Hall–Kier alpha value is -2.69. The van der Waals surface area contributed by atoms with E-state index in [9.17, 15) is 9.59 Å². The summed E-state index contributed by atoms with van der Waals surface area (Å²) in [5.41, 5.74) is 4.60. The predicted molar refractivity (Wildman–Crippen MR) is 107 cm³/mol. The van der Waals surface area contributed by atoms with E-state index in [1.54, 1.807) is 11.1 Å². The van der Waals surface area contributed by atoms with E-state index >= 15 is 0 Å². The molecule has 28 heavy (non-hydrogen) atoms. The maximum absolute atomic E-state index is 13.3.